The van der Waals surface area contributed by atoms with Gasteiger partial charge in [0.25, 0.3) is 5.91 Å². The van der Waals surface area contributed by atoms with Crippen LogP contribution < -0.4 is 0 Å². The van der Waals surface area contributed by atoms with Gasteiger partial charge in [-0.1, -0.05) is 24.3 Å². The van der Waals surface area contributed by atoms with Crippen LogP contribution in [0, 0.1) is 0 Å². The maximum atomic E-state index is 12.7. The van der Waals surface area contributed by atoms with Gasteiger partial charge in [0.1, 0.15) is 5.65 Å². The number of hydrogen-bond donors (Lipinski definition) is 1. The van der Waals surface area contributed by atoms with Crippen molar-refractivity contribution in [2.24, 2.45) is 0 Å². The van der Waals surface area contributed by atoms with Gasteiger partial charge in [0.05, 0.1) is 0 Å². The van der Waals surface area contributed by atoms with Crippen molar-refractivity contribution in [3.63, 3.8) is 0 Å². The Morgan fingerprint density at radius 3 is 2.91 bits per heavy atom. The number of nitrogens with one attached hydrogen (secondary N) is 1. The second-order valence-corrected chi connectivity index (χ2v) is 5.34. The van der Waals surface area contributed by atoms with E-state index in [-0.39, 0.29) is 5.91 Å². The van der Waals surface area contributed by atoms with E-state index < -0.39 is 0 Å². The Hall–Kier alpha value is -2.88. The molecule has 4 heteroatoms. The molecule has 108 valence electrons. The quantitative estimate of drug-likeness (QED) is 0.783. The van der Waals surface area contributed by atoms with Crippen molar-refractivity contribution in [3.05, 3.63) is 66.5 Å². The minimum atomic E-state index is 0.0379. The molecule has 0 saturated heterocycles. The Bertz CT molecular complexity index is 846. The average Bonchev–Trinajstić information content (AvgIpc) is 3.23. The van der Waals surface area contributed by atoms with Crippen LogP contribution in [0.3, 0.4) is 0 Å². The number of hydrogen-bond acceptors (Lipinski definition) is 2. The van der Waals surface area contributed by atoms with Gasteiger partial charge in [0.2, 0.25) is 0 Å². The molecular weight excluding hydrogens is 274 g/mol. The lowest BCUT2D eigenvalue weighted by molar-refractivity contribution is 0.0834. The number of benzene rings is 1. The molecule has 0 aliphatic carbocycles. The molecule has 1 aliphatic heterocycles. The van der Waals surface area contributed by atoms with Crippen molar-refractivity contribution in [3.8, 4) is 11.3 Å². The highest BCUT2D eigenvalue weighted by atomic mass is 16.2. The predicted molar refractivity (Wildman–Crippen MR) is 86.3 cm³/mol. The number of amides is 1. The SMILES string of the molecule is O=C(c1ccccc1-c1cc2cccnc2[nH]1)N1C=CCC1. The van der Waals surface area contributed by atoms with Gasteiger partial charge in [-0.25, -0.2) is 4.98 Å². The number of carbonyl (C=O) groups excluding carboxylic acids is 1. The first-order valence-corrected chi connectivity index (χ1v) is 7.34. The summed E-state index contributed by atoms with van der Waals surface area (Å²) < 4.78 is 0. The van der Waals surface area contributed by atoms with Gasteiger partial charge in [0.15, 0.2) is 0 Å². The number of pyridine rings is 1. The average molecular weight is 289 g/mol. The van der Waals surface area contributed by atoms with Crippen LogP contribution in [0.4, 0.5) is 0 Å². The van der Waals surface area contributed by atoms with Crippen LogP contribution in [0.25, 0.3) is 22.3 Å². The number of fused-ring (bicyclic) bond motifs is 1. The van der Waals surface area contributed by atoms with Gasteiger partial charge >= 0.3 is 0 Å². The molecular formula is C18H15N3O. The minimum absolute atomic E-state index is 0.0379. The molecule has 0 radical (unpaired) electrons. The molecule has 4 nitrogen and oxygen atoms in total. The third-order valence-corrected chi connectivity index (χ3v) is 3.92. The fourth-order valence-corrected chi connectivity index (χ4v) is 2.82. The van der Waals surface area contributed by atoms with Crippen LogP contribution >= 0.6 is 0 Å². The maximum absolute atomic E-state index is 12.7. The Morgan fingerprint density at radius 2 is 2.09 bits per heavy atom. The van der Waals surface area contributed by atoms with Crippen molar-refractivity contribution >= 4 is 16.9 Å². The standard InChI is InChI=1S/C18H15N3O/c22-18(21-10-3-4-11-21)15-8-2-1-7-14(15)16-12-13-6-5-9-19-17(13)20-16/h1-3,5-10,12H,4,11H2,(H,19,20). The zero-order chi connectivity index (χ0) is 14.9. The van der Waals surface area contributed by atoms with Crippen LogP contribution in [-0.4, -0.2) is 27.3 Å². The van der Waals surface area contributed by atoms with Gasteiger partial charge in [-0.15, -0.1) is 0 Å². The van der Waals surface area contributed by atoms with E-state index in [1.54, 1.807) is 11.1 Å². The molecule has 0 atom stereocenters. The monoisotopic (exact) mass is 289 g/mol. The predicted octanol–water partition coefficient (Wildman–Crippen LogP) is 3.59. The second kappa shape index (κ2) is 5.15. The number of rotatable bonds is 2. The third kappa shape index (κ3) is 2.09. The van der Waals surface area contributed by atoms with Crippen molar-refractivity contribution in [1.29, 1.82) is 0 Å². The van der Waals surface area contributed by atoms with Crippen LogP contribution in [0.15, 0.2) is 60.9 Å². The highest BCUT2D eigenvalue weighted by molar-refractivity contribution is 6.02. The van der Waals surface area contributed by atoms with Crippen molar-refractivity contribution < 1.29 is 4.79 Å². The molecule has 3 heterocycles. The summed E-state index contributed by atoms with van der Waals surface area (Å²) in [6, 6.07) is 13.7. The molecule has 2 aromatic heterocycles. The maximum Gasteiger partial charge on any atom is 0.258 e. The molecule has 0 unspecified atom stereocenters. The van der Waals surface area contributed by atoms with Gasteiger partial charge in [-0.05, 0) is 30.7 Å². The van der Waals surface area contributed by atoms with Crippen LogP contribution in [0.1, 0.15) is 16.8 Å². The lowest BCUT2D eigenvalue weighted by Gasteiger charge is -2.15. The molecule has 4 rings (SSSR count). The molecule has 1 aromatic carbocycles. The van der Waals surface area contributed by atoms with Gasteiger partial charge in [-0.2, -0.15) is 0 Å². The summed E-state index contributed by atoms with van der Waals surface area (Å²) in [5, 5.41) is 1.04. The minimum Gasteiger partial charge on any atom is -0.339 e. The summed E-state index contributed by atoms with van der Waals surface area (Å²) in [4.78, 5) is 22.1. The lowest BCUT2D eigenvalue weighted by Crippen LogP contribution is -2.24. The molecule has 1 N–H and O–H groups in total. The molecule has 1 aliphatic rings. The van der Waals surface area contributed by atoms with E-state index in [1.165, 1.54) is 0 Å². The molecule has 0 fully saturated rings. The Labute approximate surface area is 128 Å². The van der Waals surface area contributed by atoms with Crippen LogP contribution in [0.2, 0.25) is 0 Å². The van der Waals surface area contributed by atoms with E-state index in [0.29, 0.717) is 5.56 Å². The van der Waals surface area contributed by atoms with E-state index >= 15 is 0 Å². The fraction of sp³-hybridized carbons (Fsp3) is 0.111. The van der Waals surface area contributed by atoms with Gasteiger partial charge in [0, 0.05) is 41.1 Å². The topological polar surface area (TPSA) is 49.0 Å². The molecule has 0 saturated carbocycles. The third-order valence-electron chi connectivity index (χ3n) is 3.92. The zero-order valence-corrected chi connectivity index (χ0v) is 12.0. The number of carbonyl (C=O) groups is 1. The summed E-state index contributed by atoms with van der Waals surface area (Å²) in [5.74, 6) is 0.0379. The number of aromatic nitrogens is 2. The van der Waals surface area contributed by atoms with Gasteiger partial charge in [-0.3, -0.25) is 4.79 Å². The summed E-state index contributed by atoms with van der Waals surface area (Å²) in [5.41, 5.74) is 3.37. The van der Waals surface area contributed by atoms with Crippen LogP contribution in [0.5, 0.6) is 0 Å². The molecule has 0 spiro atoms. The first-order chi connectivity index (χ1) is 10.8. The number of nitrogens with zero attached hydrogens (tertiary/aromatic N) is 2. The molecule has 0 bridgehead atoms. The highest BCUT2D eigenvalue weighted by Crippen LogP contribution is 2.27. The van der Waals surface area contributed by atoms with E-state index in [1.807, 2.05) is 54.7 Å². The Balaban J connectivity index is 1.81. The summed E-state index contributed by atoms with van der Waals surface area (Å²) in [6.07, 6.45) is 6.57. The van der Waals surface area contributed by atoms with Crippen molar-refractivity contribution in [2.75, 3.05) is 6.54 Å². The summed E-state index contributed by atoms with van der Waals surface area (Å²) in [7, 11) is 0. The second-order valence-electron chi connectivity index (χ2n) is 5.34. The van der Waals surface area contributed by atoms with Crippen molar-refractivity contribution in [1.82, 2.24) is 14.9 Å². The smallest absolute Gasteiger partial charge is 0.258 e. The Morgan fingerprint density at radius 1 is 1.18 bits per heavy atom. The number of H-pyrrole nitrogens is 1. The summed E-state index contributed by atoms with van der Waals surface area (Å²) >= 11 is 0. The first-order valence-electron chi connectivity index (χ1n) is 7.34. The van der Waals surface area contributed by atoms with Crippen LogP contribution in [-0.2, 0) is 0 Å². The van der Waals surface area contributed by atoms with Gasteiger partial charge < -0.3 is 9.88 Å². The normalized spacial score (nSPS) is 13.9. The van der Waals surface area contributed by atoms with E-state index in [0.717, 1.165) is 35.3 Å². The molecule has 22 heavy (non-hydrogen) atoms. The fourth-order valence-electron chi connectivity index (χ4n) is 2.82. The lowest BCUT2D eigenvalue weighted by atomic mass is 10.0. The van der Waals surface area contributed by atoms with E-state index in [9.17, 15) is 4.79 Å². The Kier molecular flexibility index (Phi) is 3.00. The zero-order valence-electron chi connectivity index (χ0n) is 12.0. The van der Waals surface area contributed by atoms with Crippen molar-refractivity contribution in [2.45, 2.75) is 6.42 Å². The largest absolute Gasteiger partial charge is 0.339 e. The number of aromatic amines is 1. The molecule has 3 aromatic rings. The van der Waals surface area contributed by atoms with E-state index in [4.69, 9.17) is 0 Å². The van der Waals surface area contributed by atoms with E-state index in [2.05, 4.69) is 9.97 Å². The highest BCUT2D eigenvalue weighted by Gasteiger charge is 2.20. The molecule has 1 amide bonds. The summed E-state index contributed by atoms with van der Waals surface area (Å²) in [6.45, 7) is 0.751. The first kappa shape index (κ1) is 12.8.